The molecule has 0 spiro atoms. The van der Waals surface area contributed by atoms with Crippen molar-refractivity contribution in [2.75, 3.05) is 0 Å². The Hall–Kier alpha value is -2.26. The molecule has 2 amide bonds. The van der Waals surface area contributed by atoms with Gasteiger partial charge in [-0.1, -0.05) is 41.9 Å². The Bertz CT molecular complexity index is 768. The van der Waals surface area contributed by atoms with Gasteiger partial charge < -0.3 is 10.6 Å². The molecular weight excluding hydrogens is 332 g/mol. The molecule has 130 valence electrons. The molecule has 0 saturated carbocycles. The highest BCUT2D eigenvalue weighted by Gasteiger charge is 2.13. The van der Waals surface area contributed by atoms with Gasteiger partial charge in [0.2, 0.25) is 0 Å². The molecule has 2 aromatic carbocycles. The molecule has 0 bridgehead atoms. The Labute approximate surface area is 154 Å². The Morgan fingerprint density at radius 3 is 2.56 bits per heavy atom. The first-order valence-corrected chi connectivity index (χ1v) is 9.10. The molecule has 1 atom stereocenters. The van der Waals surface area contributed by atoms with Crippen molar-refractivity contribution in [3.8, 4) is 0 Å². The third kappa shape index (κ3) is 4.86. The second kappa shape index (κ2) is 8.21. The quantitative estimate of drug-likeness (QED) is 0.773. The number of amides is 2. The van der Waals surface area contributed by atoms with Crippen LogP contribution in [0.3, 0.4) is 0 Å². The second-order valence-corrected chi connectivity index (χ2v) is 6.90. The third-order valence-electron chi connectivity index (χ3n) is 4.58. The molecule has 0 aliphatic heterocycles. The van der Waals surface area contributed by atoms with Crippen molar-refractivity contribution >= 4 is 23.7 Å². The largest absolute Gasteiger partial charge is 0.331 e. The summed E-state index contributed by atoms with van der Waals surface area (Å²) in [5.41, 5.74) is 5.02. The van der Waals surface area contributed by atoms with Gasteiger partial charge in [0.25, 0.3) is 0 Å². The Balaban J connectivity index is 1.54. The molecule has 2 aromatic rings. The number of rotatable bonds is 4. The lowest BCUT2D eigenvalue weighted by molar-refractivity contribution is 0.241. The van der Waals surface area contributed by atoms with Crippen LogP contribution in [0.4, 0.5) is 4.79 Å². The Morgan fingerprint density at radius 2 is 1.80 bits per heavy atom. The zero-order chi connectivity index (χ0) is 17.6. The fourth-order valence-electron chi connectivity index (χ4n) is 3.13. The predicted molar refractivity (Wildman–Crippen MR) is 104 cm³/mol. The van der Waals surface area contributed by atoms with Gasteiger partial charge in [-0.25, -0.2) is 4.79 Å². The fourth-order valence-corrected chi connectivity index (χ4v) is 3.26. The van der Waals surface area contributed by atoms with E-state index in [9.17, 15) is 4.79 Å². The normalized spacial score (nSPS) is 14.8. The molecule has 0 heterocycles. The van der Waals surface area contributed by atoms with Crippen molar-refractivity contribution < 1.29 is 4.79 Å². The molecule has 1 aliphatic rings. The number of hydrogen-bond acceptors (Lipinski definition) is 1. The molecule has 1 unspecified atom stereocenters. The molecule has 0 saturated heterocycles. The summed E-state index contributed by atoms with van der Waals surface area (Å²) in [7, 11) is 0. The monoisotopic (exact) mass is 354 g/mol. The number of halogens is 1. The summed E-state index contributed by atoms with van der Waals surface area (Å²) in [5, 5.41) is 6.42. The van der Waals surface area contributed by atoms with Crippen LogP contribution in [0.2, 0.25) is 5.02 Å². The maximum atomic E-state index is 12.1. The van der Waals surface area contributed by atoms with Crippen LogP contribution in [0.15, 0.2) is 48.7 Å². The zero-order valence-corrected chi connectivity index (χ0v) is 15.1. The summed E-state index contributed by atoms with van der Waals surface area (Å²) in [6.45, 7) is 2.01. The van der Waals surface area contributed by atoms with Gasteiger partial charge in [-0.05, 0) is 73.1 Å². The van der Waals surface area contributed by atoms with Crippen molar-refractivity contribution in [3.05, 3.63) is 75.9 Å². The standard InChI is InChI=1S/C21H23ClN2O/c1-15(18-9-8-17-4-2-3-5-19(17)14-18)24-21(25)23-13-12-16-6-10-20(22)11-7-16/h6-15H,2-5H2,1H3,(H2,23,24,25)/b13-12+. The van der Waals surface area contributed by atoms with E-state index in [1.54, 1.807) is 6.20 Å². The zero-order valence-electron chi connectivity index (χ0n) is 14.4. The lowest BCUT2D eigenvalue weighted by Gasteiger charge is -2.20. The molecule has 0 aromatic heterocycles. The van der Waals surface area contributed by atoms with E-state index in [-0.39, 0.29) is 12.1 Å². The van der Waals surface area contributed by atoms with Gasteiger partial charge in [-0.3, -0.25) is 0 Å². The number of fused-ring (bicyclic) bond motifs is 1. The van der Waals surface area contributed by atoms with Gasteiger partial charge in [0.15, 0.2) is 0 Å². The highest BCUT2D eigenvalue weighted by molar-refractivity contribution is 6.30. The van der Waals surface area contributed by atoms with Crippen molar-refractivity contribution in [1.82, 2.24) is 10.6 Å². The van der Waals surface area contributed by atoms with Crippen LogP contribution >= 0.6 is 11.6 Å². The van der Waals surface area contributed by atoms with E-state index in [1.165, 1.54) is 30.4 Å². The smallest absolute Gasteiger partial charge is 0.319 e. The van der Waals surface area contributed by atoms with Crippen molar-refractivity contribution in [2.24, 2.45) is 0 Å². The van der Waals surface area contributed by atoms with E-state index in [0.717, 1.165) is 17.5 Å². The Morgan fingerprint density at radius 1 is 1.08 bits per heavy atom. The van der Waals surface area contributed by atoms with E-state index < -0.39 is 0 Å². The summed E-state index contributed by atoms with van der Waals surface area (Å²) in [6, 6.07) is 13.8. The van der Waals surface area contributed by atoms with Gasteiger partial charge >= 0.3 is 6.03 Å². The first-order chi connectivity index (χ1) is 12.1. The molecular formula is C21H23ClN2O. The van der Waals surface area contributed by atoms with Crippen molar-refractivity contribution in [2.45, 2.75) is 38.6 Å². The predicted octanol–water partition coefficient (Wildman–Crippen LogP) is 5.25. The SMILES string of the molecule is CC(NC(=O)N/C=C/c1ccc(Cl)cc1)c1ccc2c(c1)CCCC2. The topological polar surface area (TPSA) is 41.1 Å². The summed E-state index contributed by atoms with van der Waals surface area (Å²) in [4.78, 5) is 12.1. The number of urea groups is 1. The fraction of sp³-hybridized carbons (Fsp3) is 0.286. The highest BCUT2D eigenvalue weighted by Crippen LogP contribution is 2.24. The minimum atomic E-state index is -0.213. The third-order valence-corrected chi connectivity index (χ3v) is 4.83. The van der Waals surface area contributed by atoms with E-state index in [4.69, 9.17) is 11.6 Å². The van der Waals surface area contributed by atoms with E-state index in [2.05, 4.69) is 28.8 Å². The minimum Gasteiger partial charge on any atom is -0.331 e. The molecule has 25 heavy (non-hydrogen) atoms. The Kier molecular flexibility index (Phi) is 5.77. The van der Waals surface area contributed by atoms with E-state index in [1.807, 2.05) is 37.3 Å². The van der Waals surface area contributed by atoms with Crippen LogP contribution in [-0.4, -0.2) is 6.03 Å². The van der Waals surface area contributed by atoms with Crippen LogP contribution in [0.25, 0.3) is 6.08 Å². The van der Waals surface area contributed by atoms with Crippen molar-refractivity contribution in [3.63, 3.8) is 0 Å². The van der Waals surface area contributed by atoms with Gasteiger partial charge in [-0.2, -0.15) is 0 Å². The minimum absolute atomic E-state index is 0.0313. The number of aryl methyl sites for hydroxylation is 2. The molecule has 2 N–H and O–H groups in total. The average molecular weight is 355 g/mol. The molecule has 3 nitrogen and oxygen atoms in total. The summed E-state index contributed by atoms with van der Waals surface area (Å²) < 4.78 is 0. The lowest BCUT2D eigenvalue weighted by atomic mass is 9.89. The summed E-state index contributed by atoms with van der Waals surface area (Å²) in [6.07, 6.45) is 8.33. The lowest BCUT2D eigenvalue weighted by Crippen LogP contribution is -2.34. The van der Waals surface area contributed by atoms with Gasteiger partial charge in [-0.15, -0.1) is 0 Å². The number of hydrogen-bond donors (Lipinski definition) is 2. The first-order valence-electron chi connectivity index (χ1n) is 8.72. The van der Waals surface area contributed by atoms with Crippen molar-refractivity contribution in [1.29, 1.82) is 0 Å². The summed E-state index contributed by atoms with van der Waals surface area (Å²) >= 11 is 5.85. The van der Waals surface area contributed by atoms with Gasteiger partial charge in [0.05, 0.1) is 6.04 Å². The highest BCUT2D eigenvalue weighted by atomic mass is 35.5. The van der Waals surface area contributed by atoms with Crippen LogP contribution in [0, 0.1) is 0 Å². The van der Waals surface area contributed by atoms with Crippen LogP contribution in [0.5, 0.6) is 0 Å². The number of benzene rings is 2. The summed E-state index contributed by atoms with van der Waals surface area (Å²) in [5.74, 6) is 0. The van der Waals surface area contributed by atoms with E-state index in [0.29, 0.717) is 5.02 Å². The first kappa shape index (κ1) is 17.6. The van der Waals surface area contributed by atoms with Crippen LogP contribution in [-0.2, 0) is 12.8 Å². The number of carbonyl (C=O) groups excluding carboxylic acids is 1. The maximum Gasteiger partial charge on any atom is 0.319 e. The maximum absolute atomic E-state index is 12.1. The number of nitrogens with one attached hydrogen (secondary N) is 2. The van der Waals surface area contributed by atoms with Gasteiger partial charge in [0.1, 0.15) is 0 Å². The second-order valence-electron chi connectivity index (χ2n) is 6.46. The molecule has 3 rings (SSSR count). The van der Waals surface area contributed by atoms with Crippen LogP contribution in [0.1, 0.15) is 48.1 Å². The van der Waals surface area contributed by atoms with Crippen LogP contribution < -0.4 is 10.6 Å². The van der Waals surface area contributed by atoms with E-state index >= 15 is 0 Å². The molecule has 0 fully saturated rings. The average Bonchev–Trinajstić information content (AvgIpc) is 2.63. The molecule has 1 aliphatic carbocycles. The van der Waals surface area contributed by atoms with Gasteiger partial charge in [0, 0.05) is 11.2 Å². The molecule has 0 radical (unpaired) electrons. The number of carbonyl (C=O) groups is 1. The molecule has 4 heteroatoms.